The van der Waals surface area contributed by atoms with Crippen molar-refractivity contribution >= 4 is 5.91 Å². The lowest BCUT2D eigenvalue weighted by Gasteiger charge is -2.37. The van der Waals surface area contributed by atoms with Crippen LogP contribution in [0.4, 0.5) is 0 Å². The summed E-state index contributed by atoms with van der Waals surface area (Å²) in [5.74, 6) is 1.05. The van der Waals surface area contributed by atoms with Crippen LogP contribution in [0.25, 0.3) is 0 Å². The number of piperazine rings is 1. The lowest BCUT2D eigenvalue weighted by molar-refractivity contribution is -0.132. The van der Waals surface area contributed by atoms with Crippen molar-refractivity contribution in [2.45, 2.75) is 26.3 Å². The number of methoxy groups -OCH3 is 1. The van der Waals surface area contributed by atoms with E-state index in [2.05, 4.69) is 18.7 Å². The summed E-state index contributed by atoms with van der Waals surface area (Å²) in [5, 5.41) is 0. The van der Waals surface area contributed by atoms with Gasteiger partial charge in [0.15, 0.2) is 0 Å². The number of carbonyl (C=O) groups is 1. The van der Waals surface area contributed by atoms with Crippen molar-refractivity contribution in [3.63, 3.8) is 0 Å². The van der Waals surface area contributed by atoms with Crippen LogP contribution in [0.2, 0.25) is 0 Å². The van der Waals surface area contributed by atoms with E-state index in [0.29, 0.717) is 12.5 Å². The second-order valence-electron chi connectivity index (χ2n) is 5.54. The van der Waals surface area contributed by atoms with Crippen LogP contribution in [-0.2, 0) is 11.2 Å². The number of amides is 1. The van der Waals surface area contributed by atoms with Crippen LogP contribution in [-0.4, -0.2) is 55.0 Å². The van der Waals surface area contributed by atoms with E-state index >= 15 is 0 Å². The Balaban J connectivity index is 1.86. The van der Waals surface area contributed by atoms with Gasteiger partial charge in [-0.1, -0.05) is 12.1 Å². The van der Waals surface area contributed by atoms with Gasteiger partial charge < -0.3 is 9.64 Å². The van der Waals surface area contributed by atoms with Crippen molar-refractivity contribution in [1.82, 2.24) is 9.80 Å². The zero-order chi connectivity index (χ0) is 14.5. The topological polar surface area (TPSA) is 32.8 Å². The van der Waals surface area contributed by atoms with Gasteiger partial charge in [0.1, 0.15) is 5.75 Å². The zero-order valence-corrected chi connectivity index (χ0v) is 12.6. The molecule has 0 radical (unpaired) electrons. The first-order valence-corrected chi connectivity index (χ1v) is 7.25. The minimum atomic E-state index is 0.221. The number of rotatable bonds is 4. The first-order valence-electron chi connectivity index (χ1n) is 7.25. The Morgan fingerprint density at radius 2 is 1.75 bits per heavy atom. The third kappa shape index (κ3) is 3.73. The molecule has 4 heteroatoms. The number of ether oxygens (including phenoxy) is 1. The lowest BCUT2D eigenvalue weighted by Crippen LogP contribution is -2.51. The van der Waals surface area contributed by atoms with Gasteiger partial charge in [-0.05, 0) is 31.5 Å². The first-order chi connectivity index (χ1) is 9.60. The molecule has 0 aromatic heterocycles. The molecule has 2 rings (SSSR count). The number of hydrogen-bond donors (Lipinski definition) is 0. The lowest BCUT2D eigenvalue weighted by atomic mass is 10.1. The number of hydrogen-bond acceptors (Lipinski definition) is 3. The second kappa shape index (κ2) is 6.75. The van der Waals surface area contributed by atoms with E-state index in [4.69, 9.17) is 4.74 Å². The largest absolute Gasteiger partial charge is 0.497 e. The Labute approximate surface area is 121 Å². The monoisotopic (exact) mass is 276 g/mol. The molecule has 0 aliphatic carbocycles. The molecule has 20 heavy (non-hydrogen) atoms. The number of carbonyl (C=O) groups excluding carboxylic acids is 1. The molecule has 0 atom stereocenters. The molecule has 0 saturated carbocycles. The van der Waals surface area contributed by atoms with E-state index < -0.39 is 0 Å². The van der Waals surface area contributed by atoms with E-state index in [1.165, 1.54) is 0 Å². The Kier molecular flexibility index (Phi) is 5.01. The third-order valence-corrected chi connectivity index (χ3v) is 3.91. The van der Waals surface area contributed by atoms with Crippen LogP contribution in [0.1, 0.15) is 19.4 Å². The van der Waals surface area contributed by atoms with Crippen molar-refractivity contribution < 1.29 is 9.53 Å². The summed E-state index contributed by atoms with van der Waals surface area (Å²) >= 11 is 0. The zero-order valence-electron chi connectivity index (χ0n) is 12.6. The smallest absolute Gasteiger partial charge is 0.227 e. The normalized spacial score (nSPS) is 16.5. The highest BCUT2D eigenvalue weighted by Gasteiger charge is 2.22. The molecule has 1 aliphatic rings. The quantitative estimate of drug-likeness (QED) is 0.840. The molecule has 4 nitrogen and oxygen atoms in total. The molecule has 1 aromatic rings. The average molecular weight is 276 g/mol. The van der Waals surface area contributed by atoms with E-state index in [0.717, 1.165) is 37.5 Å². The molecule has 0 unspecified atom stereocenters. The van der Waals surface area contributed by atoms with E-state index in [9.17, 15) is 4.79 Å². The second-order valence-corrected chi connectivity index (χ2v) is 5.54. The molecule has 1 amide bonds. The van der Waals surface area contributed by atoms with Gasteiger partial charge in [-0.2, -0.15) is 0 Å². The van der Waals surface area contributed by atoms with Crippen LogP contribution in [0, 0.1) is 0 Å². The summed E-state index contributed by atoms with van der Waals surface area (Å²) in [6.07, 6.45) is 0.478. The summed E-state index contributed by atoms with van der Waals surface area (Å²) in [6, 6.07) is 8.29. The fourth-order valence-electron chi connectivity index (χ4n) is 2.52. The van der Waals surface area contributed by atoms with Crippen molar-refractivity contribution in [2.75, 3.05) is 33.3 Å². The highest BCUT2D eigenvalue weighted by molar-refractivity contribution is 5.78. The molecule has 1 heterocycles. The fourth-order valence-corrected chi connectivity index (χ4v) is 2.52. The van der Waals surface area contributed by atoms with Crippen molar-refractivity contribution in [2.24, 2.45) is 0 Å². The van der Waals surface area contributed by atoms with Gasteiger partial charge >= 0.3 is 0 Å². The highest BCUT2D eigenvalue weighted by atomic mass is 16.5. The Morgan fingerprint density at radius 3 is 2.25 bits per heavy atom. The maximum Gasteiger partial charge on any atom is 0.227 e. The molecule has 1 aromatic carbocycles. The standard InChI is InChI=1S/C16H24N2O2/c1-13(2)17-8-10-18(11-9-17)16(19)12-14-4-6-15(20-3)7-5-14/h4-7,13H,8-12H2,1-3H3. The van der Waals surface area contributed by atoms with Crippen LogP contribution >= 0.6 is 0 Å². The minimum absolute atomic E-state index is 0.221. The Morgan fingerprint density at radius 1 is 1.15 bits per heavy atom. The van der Waals surface area contributed by atoms with Crippen LogP contribution in [0.3, 0.4) is 0 Å². The van der Waals surface area contributed by atoms with Crippen molar-refractivity contribution in [1.29, 1.82) is 0 Å². The van der Waals surface area contributed by atoms with Gasteiger partial charge in [-0.15, -0.1) is 0 Å². The van der Waals surface area contributed by atoms with E-state index in [1.54, 1.807) is 7.11 Å². The van der Waals surface area contributed by atoms with Gasteiger partial charge in [0.2, 0.25) is 5.91 Å². The summed E-state index contributed by atoms with van der Waals surface area (Å²) in [5.41, 5.74) is 1.04. The molecule has 1 saturated heterocycles. The van der Waals surface area contributed by atoms with E-state index in [-0.39, 0.29) is 5.91 Å². The summed E-state index contributed by atoms with van der Waals surface area (Å²) < 4.78 is 5.12. The molecule has 110 valence electrons. The summed E-state index contributed by atoms with van der Waals surface area (Å²) in [6.45, 7) is 8.04. The minimum Gasteiger partial charge on any atom is -0.497 e. The molecule has 0 bridgehead atoms. The van der Waals surface area contributed by atoms with Crippen LogP contribution < -0.4 is 4.74 Å². The highest BCUT2D eigenvalue weighted by Crippen LogP contribution is 2.13. The summed E-state index contributed by atoms with van der Waals surface area (Å²) in [7, 11) is 1.65. The Hall–Kier alpha value is -1.55. The molecule has 0 N–H and O–H groups in total. The van der Waals surface area contributed by atoms with Gasteiger partial charge in [0, 0.05) is 32.2 Å². The van der Waals surface area contributed by atoms with Crippen LogP contribution in [0.15, 0.2) is 24.3 Å². The molecule has 0 spiro atoms. The molecule has 1 fully saturated rings. The number of benzene rings is 1. The Bertz CT molecular complexity index is 434. The van der Waals surface area contributed by atoms with Gasteiger partial charge in [0.25, 0.3) is 0 Å². The maximum atomic E-state index is 12.3. The van der Waals surface area contributed by atoms with E-state index in [1.807, 2.05) is 29.2 Å². The first kappa shape index (κ1) is 14.9. The maximum absolute atomic E-state index is 12.3. The molecular weight excluding hydrogens is 252 g/mol. The number of nitrogens with zero attached hydrogens (tertiary/aromatic N) is 2. The van der Waals surface area contributed by atoms with Gasteiger partial charge in [-0.25, -0.2) is 0 Å². The van der Waals surface area contributed by atoms with Crippen LogP contribution in [0.5, 0.6) is 5.75 Å². The van der Waals surface area contributed by atoms with Gasteiger partial charge in [0.05, 0.1) is 13.5 Å². The summed E-state index contributed by atoms with van der Waals surface area (Å²) in [4.78, 5) is 16.7. The average Bonchev–Trinajstić information content (AvgIpc) is 2.48. The van der Waals surface area contributed by atoms with Crippen molar-refractivity contribution in [3.8, 4) is 5.75 Å². The third-order valence-electron chi connectivity index (χ3n) is 3.91. The fraction of sp³-hybridized carbons (Fsp3) is 0.562. The predicted octanol–water partition coefficient (Wildman–Crippen LogP) is 1.79. The van der Waals surface area contributed by atoms with Crippen molar-refractivity contribution in [3.05, 3.63) is 29.8 Å². The molecule has 1 aliphatic heterocycles. The SMILES string of the molecule is COc1ccc(CC(=O)N2CCN(C(C)C)CC2)cc1. The van der Waals surface area contributed by atoms with Gasteiger partial charge in [-0.3, -0.25) is 9.69 Å². The predicted molar refractivity (Wildman–Crippen MR) is 80.0 cm³/mol. The molecular formula is C16H24N2O2.